The highest BCUT2D eigenvalue weighted by Crippen LogP contribution is 2.18. The van der Waals surface area contributed by atoms with Crippen LogP contribution in [0.25, 0.3) is 0 Å². The Morgan fingerprint density at radius 2 is 2.00 bits per heavy atom. The molecule has 0 saturated carbocycles. The number of esters is 2. The van der Waals surface area contributed by atoms with E-state index in [0.717, 1.165) is 11.8 Å². The molecule has 1 heterocycles. The van der Waals surface area contributed by atoms with Gasteiger partial charge in [-0.3, -0.25) is 9.59 Å². The fourth-order valence-corrected chi connectivity index (χ4v) is 1.84. The summed E-state index contributed by atoms with van der Waals surface area (Å²) in [5.74, 6) is -0.837. The van der Waals surface area contributed by atoms with E-state index < -0.39 is 30.4 Å². The van der Waals surface area contributed by atoms with Crippen molar-refractivity contribution in [2.24, 2.45) is 0 Å². The summed E-state index contributed by atoms with van der Waals surface area (Å²) in [6.45, 7) is 3.17. The van der Waals surface area contributed by atoms with E-state index in [9.17, 15) is 9.59 Å². The van der Waals surface area contributed by atoms with Crippen molar-refractivity contribution in [1.82, 2.24) is 0 Å². The van der Waals surface area contributed by atoms with Crippen molar-refractivity contribution in [3.63, 3.8) is 0 Å². The number of hydrogen-bond donors (Lipinski definition) is 0. The second-order valence-corrected chi connectivity index (χ2v) is 5.01. The van der Waals surface area contributed by atoms with Crippen molar-refractivity contribution < 1.29 is 28.5 Å². The summed E-state index contributed by atoms with van der Waals surface area (Å²) in [5.41, 5.74) is 0. The predicted octanol–water partition coefficient (Wildman–Crippen LogP) is 1.56. The number of rotatable bonds is 7. The Hall–Kier alpha value is -0.920. The number of halogens is 1. The van der Waals surface area contributed by atoms with Crippen LogP contribution in [0.2, 0.25) is 0 Å². The third-order valence-electron chi connectivity index (χ3n) is 2.45. The Morgan fingerprint density at radius 1 is 1.25 bits per heavy atom. The van der Waals surface area contributed by atoms with E-state index in [1.54, 1.807) is 12.2 Å². The van der Waals surface area contributed by atoms with Crippen LogP contribution in [0, 0.1) is 0 Å². The first kappa shape index (κ1) is 17.1. The molecule has 0 aromatic rings. The number of alkyl halides is 1. The molecule has 0 spiro atoms. The Balaban J connectivity index is 2.56. The maximum absolute atomic E-state index is 11.0. The molecule has 1 rings (SSSR count). The zero-order valence-corrected chi connectivity index (χ0v) is 13.1. The van der Waals surface area contributed by atoms with E-state index in [1.807, 2.05) is 0 Å². The van der Waals surface area contributed by atoms with Gasteiger partial charge in [0.25, 0.3) is 0 Å². The van der Waals surface area contributed by atoms with Crippen LogP contribution < -0.4 is 0 Å². The van der Waals surface area contributed by atoms with E-state index in [0.29, 0.717) is 6.61 Å². The highest BCUT2D eigenvalue weighted by Gasteiger charge is 2.30. The van der Waals surface area contributed by atoms with Crippen LogP contribution in [-0.4, -0.2) is 49.0 Å². The van der Waals surface area contributed by atoms with E-state index in [2.05, 4.69) is 15.9 Å². The third-order valence-corrected chi connectivity index (χ3v) is 3.01. The molecule has 3 atom stereocenters. The molecular weight excluding hydrogens is 332 g/mol. The average molecular weight is 351 g/mol. The van der Waals surface area contributed by atoms with Crippen molar-refractivity contribution in [3.8, 4) is 0 Å². The van der Waals surface area contributed by atoms with Crippen LogP contribution in [0.15, 0.2) is 12.2 Å². The molecule has 0 aliphatic carbocycles. The van der Waals surface area contributed by atoms with Crippen molar-refractivity contribution in [2.75, 3.05) is 18.5 Å². The SMILES string of the molecule is CC(=O)OC[C@H]1OC(OCCCBr)C=C[C@@H]1OC(C)=O. The van der Waals surface area contributed by atoms with Gasteiger partial charge >= 0.3 is 11.9 Å². The predicted molar refractivity (Wildman–Crippen MR) is 74.4 cm³/mol. The molecule has 0 bridgehead atoms. The summed E-state index contributed by atoms with van der Waals surface area (Å²) in [6, 6.07) is 0. The Labute approximate surface area is 126 Å². The van der Waals surface area contributed by atoms with Crippen molar-refractivity contribution in [3.05, 3.63) is 12.2 Å². The molecule has 7 heteroatoms. The fourth-order valence-electron chi connectivity index (χ4n) is 1.61. The maximum atomic E-state index is 11.0. The van der Waals surface area contributed by atoms with Crippen molar-refractivity contribution in [1.29, 1.82) is 0 Å². The summed E-state index contributed by atoms with van der Waals surface area (Å²) in [4.78, 5) is 21.9. The molecule has 20 heavy (non-hydrogen) atoms. The first-order valence-electron chi connectivity index (χ1n) is 6.35. The van der Waals surface area contributed by atoms with Crippen LogP contribution in [0.5, 0.6) is 0 Å². The molecule has 0 saturated heterocycles. The number of carbonyl (C=O) groups excluding carboxylic acids is 2. The normalized spacial score (nSPS) is 25.2. The molecule has 0 aromatic heterocycles. The van der Waals surface area contributed by atoms with Crippen LogP contribution >= 0.6 is 15.9 Å². The lowest BCUT2D eigenvalue weighted by Gasteiger charge is -2.31. The van der Waals surface area contributed by atoms with E-state index >= 15 is 0 Å². The first-order chi connectivity index (χ1) is 9.52. The third kappa shape index (κ3) is 6.49. The summed E-state index contributed by atoms with van der Waals surface area (Å²) in [6.07, 6.45) is 2.56. The van der Waals surface area contributed by atoms with Crippen LogP contribution in [0.3, 0.4) is 0 Å². The summed E-state index contributed by atoms with van der Waals surface area (Å²) in [7, 11) is 0. The van der Waals surface area contributed by atoms with E-state index in [4.69, 9.17) is 18.9 Å². The topological polar surface area (TPSA) is 71.1 Å². The van der Waals surface area contributed by atoms with Crippen LogP contribution in [0.1, 0.15) is 20.3 Å². The fraction of sp³-hybridized carbons (Fsp3) is 0.692. The average Bonchev–Trinajstić information content (AvgIpc) is 2.38. The lowest BCUT2D eigenvalue weighted by molar-refractivity contribution is -0.196. The summed E-state index contributed by atoms with van der Waals surface area (Å²) in [5, 5.41) is 0.844. The van der Waals surface area contributed by atoms with Crippen LogP contribution in [-0.2, 0) is 28.5 Å². The minimum Gasteiger partial charge on any atom is -0.463 e. The van der Waals surface area contributed by atoms with Gasteiger partial charge in [0, 0.05) is 19.2 Å². The molecule has 0 fully saturated rings. The van der Waals surface area contributed by atoms with Gasteiger partial charge in [0.15, 0.2) is 6.29 Å². The van der Waals surface area contributed by atoms with Crippen LogP contribution in [0.4, 0.5) is 0 Å². The minimum atomic E-state index is -0.581. The number of hydrogen-bond acceptors (Lipinski definition) is 6. The Kier molecular flexibility index (Phi) is 7.79. The Morgan fingerprint density at radius 3 is 2.60 bits per heavy atom. The molecule has 1 aliphatic rings. The second kappa shape index (κ2) is 9.10. The zero-order chi connectivity index (χ0) is 15.0. The summed E-state index contributed by atoms with van der Waals surface area (Å²) >= 11 is 3.31. The molecule has 1 unspecified atom stereocenters. The molecular formula is C13H19BrO6. The van der Waals surface area contributed by atoms with Gasteiger partial charge in [0.2, 0.25) is 0 Å². The lowest BCUT2D eigenvalue weighted by Crippen LogP contribution is -2.42. The van der Waals surface area contributed by atoms with Gasteiger partial charge in [-0.15, -0.1) is 0 Å². The van der Waals surface area contributed by atoms with Gasteiger partial charge in [-0.2, -0.15) is 0 Å². The number of carbonyl (C=O) groups is 2. The van der Waals surface area contributed by atoms with E-state index in [1.165, 1.54) is 13.8 Å². The molecule has 0 radical (unpaired) electrons. The Bertz CT molecular complexity index is 357. The van der Waals surface area contributed by atoms with Gasteiger partial charge in [0.1, 0.15) is 18.8 Å². The molecule has 0 N–H and O–H groups in total. The largest absolute Gasteiger partial charge is 0.463 e. The second-order valence-electron chi connectivity index (χ2n) is 4.22. The van der Waals surface area contributed by atoms with Gasteiger partial charge < -0.3 is 18.9 Å². The standard InChI is InChI=1S/C13H19BrO6/c1-9(15)18-8-12-11(19-10(2)16)4-5-13(20-12)17-7-3-6-14/h4-5,11-13H,3,6-8H2,1-2H3/t11-,12+,13?/m0/s1. The lowest BCUT2D eigenvalue weighted by atomic mass is 10.1. The van der Waals surface area contributed by atoms with Gasteiger partial charge in [-0.1, -0.05) is 15.9 Å². The van der Waals surface area contributed by atoms with Crippen molar-refractivity contribution in [2.45, 2.75) is 38.8 Å². The van der Waals surface area contributed by atoms with Crippen molar-refractivity contribution >= 4 is 27.9 Å². The molecule has 0 aromatic carbocycles. The van der Waals surface area contributed by atoms with Gasteiger partial charge in [-0.25, -0.2) is 0 Å². The quantitative estimate of drug-likeness (QED) is 0.300. The minimum absolute atomic E-state index is 0.00985. The number of ether oxygens (including phenoxy) is 4. The monoisotopic (exact) mass is 350 g/mol. The smallest absolute Gasteiger partial charge is 0.303 e. The van der Waals surface area contributed by atoms with Gasteiger partial charge in [-0.05, 0) is 18.6 Å². The highest BCUT2D eigenvalue weighted by atomic mass is 79.9. The van der Waals surface area contributed by atoms with Gasteiger partial charge in [0.05, 0.1) is 6.61 Å². The first-order valence-corrected chi connectivity index (χ1v) is 7.47. The molecule has 1 aliphatic heterocycles. The maximum Gasteiger partial charge on any atom is 0.303 e. The molecule has 6 nitrogen and oxygen atoms in total. The van der Waals surface area contributed by atoms with E-state index in [-0.39, 0.29) is 6.61 Å². The summed E-state index contributed by atoms with van der Waals surface area (Å²) < 4.78 is 21.1. The zero-order valence-electron chi connectivity index (χ0n) is 11.5. The molecule has 114 valence electrons. The highest BCUT2D eigenvalue weighted by molar-refractivity contribution is 9.09. The molecule has 0 amide bonds.